The zero-order valence-electron chi connectivity index (χ0n) is 16.9. The second kappa shape index (κ2) is 10.2. The number of hydrogen-bond acceptors (Lipinski definition) is 4. The summed E-state index contributed by atoms with van der Waals surface area (Å²) < 4.78 is 5.30. The van der Waals surface area contributed by atoms with E-state index in [1.807, 2.05) is 42.5 Å². The number of piperazine rings is 1. The second-order valence-electron chi connectivity index (χ2n) is 7.23. The lowest BCUT2D eigenvalue weighted by molar-refractivity contribution is -0.120. The molecule has 0 aromatic heterocycles. The fourth-order valence-electron chi connectivity index (χ4n) is 3.73. The number of nitrogens with one attached hydrogen (secondary N) is 1. The number of rotatable bonds is 8. The van der Waals surface area contributed by atoms with Crippen molar-refractivity contribution in [2.45, 2.75) is 19.4 Å². The van der Waals surface area contributed by atoms with Crippen molar-refractivity contribution in [1.82, 2.24) is 15.1 Å². The maximum absolute atomic E-state index is 12.5. The maximum Gasteiger partial charge on any atom is 0.224 e. The van der Waals surface area contributed by atoms with Crippen molar-refractivity contribution < 1.29 is 9.53 Å². The van der Waals surface area contributed by atoms with Gasteiger partial charge < -0.3 is 15.0 Å². The summed E-state index contributed by atoms with van der Waals surface area (Å²) in [5.74, 6) is 0.920. The highest BCUT2D eigenvalue weighted by molar-refractivity contribution is 5.78. The van der Waals surface area contributed by atoms with Crippen LogP contribution in [-0.2, 0) is 11.2 Å². The molecule has 0 aliphatic carbocycles. The van der Waals surface area contributed by atoms with Crippen molar-refractivity contribution in [3.63, 3.8) is 0 Å². The number of ether oxygens (including phenoxy) is 1. The number of carbonyl (C=O) groups is 1. The van der Waals surface area contributed by atoms with Crippen LogP contribution in [0.1, 0.15) is 24.1 Å². The molecule has 1 aliphatic rings. The van der Waals surface area contributed by atoms with E-state index in [9.17, 15) is 4.79 Å². The molecule has 28 heavy (non-hydrogen) atoms. The predicted molar refractivity (Wildman–Crippen MR) is 113 cm³/mol. The number of hydrogen-bond donors (Lipinski definition) is 1. The standard InChI is InChI=1S/C23H31N3O2/c1-3-25-13-15-26(16-14-25)22(20-9-11-21(28-2)12-10-20)18-24-23(27)17-19-7-5-4-6-8-19/h4-12,22H,3,13-18H2,1-2H3,(H,24,27). The number of amides is 1. The number of carbonyl (C=O) groups excluding carboxylic acids is 1. The fraction of sp³-hybridized carbons (Fsp3) is 0.435. The third-order valence-electron chi connectivity index (χ3n) is 5.50. The summed E-state index contributed by atoms with van der Waals surface area (Å²) in [6.07, 6.45) is 0.416. The molecule has 1 heterocycles. The molecule has 1 N–H and O–H groups in total. The maximum atomic E-state index is 12.5. The molecule has 0 radical (unpaired) electrons. The summed E-state index contributed by atoms with van der Waals surface area (Å²) in [6, 6.07) is 18.3. The summed E-state index contributed by atoms with van der Waals surface area (Å²) in [7, 11) is 1.68. The highest BCUT2D eigenvalue weighted by atomic mass is 16.5. The molecule has 0 spiro atoms. The molecule has 0 bridgehead atoms. The van der Waals surface area contributed by atoms with E-state index in [1.54, 1.807) is 7.11 Å². The van der Waals surface area contributed by atoms with Crippen LogP contribution in [0.5, 0.6) is 5.75 Å². The summed E-state index contributed by atoms with van der Waals surface area (Å²) in [6.45, 7) is 8.08. The number of benzene rings is 2. The van der Waals surface area contributed by atoms with Crippen molar-refractivity contribution in [3.8, 4) is 5.75 Å². The normalized spacial score (nSPS) is 16.5. The summed E-state index contributed by atoms with van der Waals surface area (Å²) in [5.41, 5.74) is 2.25. The molecule has 3 rings (SSSR count). The van der Waals surface area contributed by atoms with E-state index in [4.69, 9.17) is 4.74 Å². The third-order valence-corrected chi connectivity index (χ3v) is 5.50. The van der Waals surface area contributed by atoms with Gasteiger partial charge in [-0.15, -0.1) is 0 Å². The Kier molecular flexibility index (Phi) is 7.46. The Bertz CT molecular complexity index is 725. The molecule has 0 saturated carbocycles. The quantitative estimate of drug-likeness (QED) is 0.764. The first kappa shape index (κ1) is 20.4. The highest BCUT2D eigenvalue weighted by Crippen LogP contribution is 2.24. The van der Waals surface area contributed by atoms with Crippen LogP contribution in [0.4, 0.5) is 0 Å². The first-order chi connectivity index (χ1) is 13.7. The molecule has 1 amide bonds. The predicted octanol–water partition coefficient (Wildman–Crippen LogP) is 2.73. The van der Waals surface area contributed by atoms with E-state index in [0.717, 1.165) is 44.0 Å². The van der Waals surface area contributed by atoms with Gasteiger partial charge in [0.2, 0.25) is 5.91 Å². The Hall–Kier alpha value is -2.37. The van der Waals surface area contributed by atoms with Crippen LogP contribution in [0.2, 0.25) is 0 Å². The van der Waals surface area contributed by atoms with Gasteiger partial charge in [-0.3, -0.25) is 9.69 Å². The molecule has 1 aliphatic heterocycles. The summed E-state index contributed by atoms with van der Waals surface area (Å²) in [5, 5.41) is 3.16. The Balaban J connectivity index is 1.66. The number of nitrogens with zero attached hydrogens (tertiary/aromatic N) is 2. The van der Waals surface area contributed by atoms with Gasteiger partial charge in [-0.1, -0.05) is 49.4 Å². The molecule has 1 fully saturated rings. The zero-order chi connectivity index (χ0) is 19.8. The van der Waals surface area contributed by atoms with Gasteiger partial charge in [-0.25, -0.2) is 0 Å². The van der Waals surface area contributed by atoms with E-state index in [1.165, 1.54) is 5.56 Å². The van der Waals surface area contributed by atoms with E-state index >= 15 is 0 Å². The number of likely N-dealkylation sites (N-methyl/N-ethyl adjacent to an activating group) is 1. The van der Waals surface area contributed by atoms with E-state index in [-0.39, 0.29) is 11.9 Å². The Morgan fingerprint density at radius 3 is 2.32 bits per heavy atom. The van der Waals surface area contributed by atoms with Gasteiger partial charge in [0, 0.05) is 32.7 Å². The van der Waals surface area contributed by atoms with Crippen molar-refractivity contribution in [2.24, 2.45) is 0 Å². The first-order valence-electron chi connectivity index (χ1n) is 10.1. The monoisotopic (exact) mass is 381 g/mol. The van der Waals surface area contributed by atoms with E-state index < -0.39 is 0 Å². The van der Waals surface area contributed by atoms with Gasteiger partial charge in [0.05, 0.1) is 19.6 Å². The third kappa shape index (κ3) is 5.57. The summed E-state index contributed by atoms with van der Waals surface area (Å²) in [4.78, 5) is 17.4. The first-order valence-corrected chi connectivity index (χ1v) is 10.1. The molecule has 5 heteroatoms. The van der Waals surface area contributed by atoms with E-state index in [0.29, 0.717) is 13.0 Å². The molecule has 1 atom stereocenters. The van der Waals surface area contributed by atoms with Gasteiger partial charge in [-0.2, -0.15) is 0 Å². The van der Waals surface area contributed by atoms with Crippen LogP contribution in [-0.4, -0.2) is 62.1 Å². The minimum atomic E-state index is 0.0666. The topological polar surface area (TPSA) is 44.8 Å². The average Bonchev–Trinajstić information content (AvgIpc) is 2.75. The van der Waals surface area contributed by atoms with Crippen molar-refractivity contribution in [3.05, 3.63) is 65.7 Å². The van der Waals surface area contributed by atoms with Crippen molar-refractivity contribution >= 4 is 5.91 Å². The molecular weight excluding hydrogens is 350 g/mol. The van der Waals surface area contributed by atoms with Crippen LogP contribution in [0.25, 0.3) is 0 Å². The fourth-order valence-corrected chi connectivity index (χ4v) is 3.73. The SMILES string of the molecule is CCN1CCN(C(CNC(=O)Cc2ccccc2)c2ccc(OC)cc2)CC1. The molecule has 150 valence electrons. The molecule has 2 aromatic rings. The van der Waals surface area contributed by atoms with Gasteiger partial charge in [-0.05, 0) is 29.8 Å². The Morgan fingerprint density at radius 2 is 1.71 bits per heavy atom. The smallest absolute Gasteiger partial charge is 0.224 e. The zero-order valence-corrected chi connectivity index (χ0v) is 16.9. The van der Waals surface area contributed by atoms with Crippen LogP contribution in [0, 0.1) is 0 Å². The Labute approximate surface area is 168 Å². The van der Waals surface area contributed by atoms with Crippen molar-refractivity contribution in [1.29, 1.82) is 0 Å². The molecule has 2 aromatic carbocycles. The van der Waals surface area contributed by atoms with E-state index in [2.05, 4.69) is 34.2 Å². The van der Waals surface area contributed by atoms with Crippen LogP contribution in [0.3, 0.4) is 0 Å². The van der Waals surface area contributed by atoms with Gasteiger partial charge in [0.25, 0.3) is 0 Å². The van der Waals surface area contributed by atoms with Crippen LogP contribution in [0.15, 0.2) is 54.6 Å². The average molecular weight is 382 g/mol. The Morgan fingerprint density at radius 1 is 1.04 bits per heavy atom. The minimum absolute atomic E-state index is 0.0666. The van der Waals surface area contributed by atoms with Crippen LogP contribution >= 0.6 is 0 Å². The minimum Gasteiger partial charge on any atom is -0.497 e. The van der Waals surface area contributed by atoms with Crippen LogP contribution < -0.4 is 10.1 Å². The molecule has 1 saturated heterocycles. The largest absolute Gasteiger partial charge is 0.497 e. The molecular formula is C23H31N3O2. The van der Waals surface area contributed by atoms with Gasteiger partial charge >= 0.3 is 0 Å². The molecule has 1 unspecified atom stereocenters. The lowest BCUT2D eigenvalue weighted by atomic mass is 10.0. The van der Waals surface area contributed by atoms with Crippen molar-refractivity contribution in [2.75, 3.05) is 46.4 Å². The second-order valence-corrected chi connectivity index (χ2v) is 7.23. The van der Waals surface area contributed by atoms with Gasteiger partial charge in [0.15, 0.2) is 0 Å². The lowest BCUT2D eigenvalue weighted by Crippen LogP contribution is -2.49. The summed E-state index contributed by atoms with van der Waals surface area (Å²) >= 11 is 0. The lowest BCUT2D eigenvalue weighted by Gasteiger charge is -2.39. The highest BCUT2D eigenvalue weighted by Gasteiger charge is 2.25. The molecule has 5 nitrogen and oxygen atoms in total. The van der Waals surface area contributed by atoms with Gasteiger partial charge in [0.1, 0.15) is 5.75 Å². The number of methoxy groups -OCH3 is 1.